The van der Waals surface area contributed by atoms with Crippen molar-refractivity contribution in [3.05, 3.63) is 36.1 Å². The average molecular weight is 286 g/mol. The highest BCUT2D eigenvalue weighted by molar-refractivity contribution is 6.29. The standard InChI is InChI=1S/C12H8ClN7/c1-19-6-7(4-15-19)10-17-11-8-2-3-14-5-9(8)16-12(13)20(11)18-10/h2-6H,1H3. The van der Waals surface area contributed by atoms with Gasteiger partial charge in [0, 0.05) is 24.8 Å². The Morgan fingerprint density at radius 2 is 2.10 bits per heavy atom. The van der Waals surface area contributed by atoms with Gasteiger partial charge in [0.2, 0.25) is 5.28 Å². The van der Waals surface area contributed by atoms with Gasteiger partial charge in [0.25, 0.3) is 0 Å². The molecule has 0 aromatic carbocycles. The zero-order chi connectivity index (χ0) is 13.7. The van der Waals surface area contributed by atoms with Crippen molar-refractivity contribution in [2.45, 2.75) is 0 Å². The van der Waals surface area contributed by atoms with Crippen LogP contribution in [0.3, 0.4) is 0 Å². The van der Waals surface area contributed by atoms with Gasteiger partial charge in [-0.25, -0.2) is 9.97 Å². The number of hydrogen-bond donors (Lipinski definition) is 0. The summed E-state index contributed by atoms with van der Waals surface area (Å²) in [5.74, 6) is 0.561. The smallest absolute Gasteiger partial charge is 0.226 e. The van der Waals surface area contributed by atoms with E-state index in [2.05, 4.69) is 25.1 Å². The predicted octanol–water partition coefficient (Wildman–Crippen LogP) is 1.73. The summed E-state index contributed by atoms with van der Waals surface area (Å²) in [4.78, 5) is 12.8. The van der Waals surface area contributed by atoms with Crippen LogP contribution in [0.4, 0.5) is 0 Å². The summed E-state index contributed by atoms with van der Waals surface area (Å²) in [7, 11) is 1.84. The van der Waals surface area contributed by atoms with E-state index >= 15 is 0 Å². The second kappa shape index (κ2) is 3.97. The van der Waals surface area contributed by atoms with E-state index in [1.807, 2.05) is 19.3 Å². The van der Waals surface area contributed by atoms with Crippen molar-refractivity contribution in [1.29, 1.82) is 0 Å². The fourth-order valence-corrected chi connectivity index (χ4v) is 2.29. The van der Waals surface area contributed by atoms with Crippen LogP contribution < -0.4 is 0 Å². The van der Waals surface area contributed by atoms with Crippen LogP contribution in [-0.2, 0) is 7.05 Å². The van der Waals surface area contributed by atoms with Crippen LogP contribution in [0.1, 0.15) is 0 Å². The highest BCUT2D eigenvalue weighted by Gasteiger charge is 2.14. The Morgan fingerprint density at radius 1 is 1.20 bits per heavy atom. The highest BCUT2D eigenvalue weighted by Crippen LogP contribution is 2.23. The van der Waals surface area contributed by atoms with Crippen molar-refractivity contribution < 1.29 is 0 Å². The number of rotatable bonds is 1. The molecule has 0 unspecified atom stereocenters. The van der Waals surface area contributed by atoms with Gasteiger partial charge < -0.3 is 0 Å². The molecular weight excluding hydrogens is 278 g/mol. The SMILES string of the molecule is Cn1cc(-c2nc3c4ccncc4nc(Cl)n3n2)cn1. The fraction of sp³-hybridized carbons (Fsp3) is 0.0833. The van der Waals surface area contributed by atoms with Gasteiger partial charge in [-0.1, -0.05) is 0 Å². The van der Waals surface area contributed by atoms with E-state index in [0.29, 0.717) is 17.0 Å². The zero-order valence-electron chi connectivity index (χ0n) is 10.4. The summed E-state index contributed by atoms with van der Waals surface area (Å²) in [5, 5.41) is 9.61. The van der Waals surface area contributed by atoms with Crippen LogP contribution >= 0.6 is 11.6 Å². The number of pyridine rings is 1. The molecule has 4 aromatic heterocycles. The van der Waals surface area contributed by atoms with E-state index in [0.717, 1.165) is 10.9 Å². The van der Waals surface area contributed by atoms with E-state index in [1.165, 1.54) is 4.52 Å². The molecule has 0 aliphatic rings. The van der Waals surface area contributed by atoms with Gasteiger partial charge in [-0.2, -0.15) is 9.61 Å². The molecule has 98 valence electrons. The molecule has 0 saturated heterocycles. The Morgan fingerprint density at radius 3 is 2.90 bits per heavy atom. The lowest BCUT2D eigenvalue weighted by Gasteiger charge is -1.99. The number of hydrogen-bond acceptors (Lipinski definition) is 5. The third kappa shape index (κ3) is 1.56. The third-order valence-corrected chi connectivity index (χ3v) is 3.24. The quantitative estimate of drug-likeness (QED) is 0.498. The lowest BCUT2D eigenvalue weighted by molar-refractivity contribution is 0.768. The van der Waals surface area contributed by atoms with Gasteiger partial charge in [-0.05, 0) is 17.7 Å². The molecule has 20 heavy (non-hydrogen) atoms. The maximum absolute atomic E-state index is 6.14. The Balaban J connectivity index is 2.07. The number of fused-ring (bicyclic) bond motifs is 3. The topological polar surface area (TPSA) is 73.8 Å². The molecule has 7 nitrogen and oxygen atoms in total. The largest absolute Gasteiger partial charge is 0.275 e. The van der Waals surface area contributed by atoms with Crippen molar-refractivity contribution >= 4 is 28.2 Å². The van der Waals surface area contributed by atoms with Gasteiger partial charge in [0.1, 0.15) is 0 Å². The first-order valence-corrected chi connectivity index (χ1v) is 6.25. The van der Waals surface area contributed by atoms with Crippen LogP contribution in [0.2, 0.25) is 5.28 Å². The first kappa shape index (κ1) is 11.3. The lowest BCUT2D eigenvalue weighted by Crippen LogP contribution is -1.95. The summed E-state index contributed by atoms with van der Waals surface area (Å²) >= 11 is 6.14. The minimum atomic E-state index is 0.253. The summed E-state index contributed by atoms with van der Waals surface area (Å²) in [5.41, 5.74) is 2.17. The van der Waals surface area contributed by atoms with Gasteiger partial charge in [0.05, 0.1) is 23.5 Å². The van der Waals surface area contributed by atoms with Crippen LogP contribution in [0.15, 0.2) is 30.9 Å². The van der Waals surface area contributed by atoms with Crippen molar-refractivity contribution in [2.75, 3.05) is 0 Å². The molecular formula is C12H8ClN7. The number of aryl methyl sites for hydroxylation is 1. The normalized spacial score (nSPS) is 11.5. The molecule has 4 aromatic rings. The average Bonchev–Trinajstić information content (AvgIpc) is 3.05. The molecule has 4 heterocycles. The molecule has 4 rings (SSSR count). The molecule has 0 radical (unpaired) electrons. The van der Waals surface area contributed by atoms with Crippen molar-refractivity contribution in [2.24, 2.45) is 7.05 Å². The minimum Gasteiger partial charge on any atom is -0.275 e. The maximum Gasteiger partial charge on any atom is 0.226 e. The number of aromatic nitrogens is 7. The van der Waals surface area contributed by atoms with Crippen LogP contribution in [0, 0.1) is 0 Å². The van der Waals surface area contributed by atoms with Gasteiger partial charge >= 0.3 is 0 Å². The molecule has 8 heteroatoms. The van der Waals surface area contributed by atoms with Crippen molar-refractivity contribution in [1.82, 2.24) is 34.3 Å². The van der Waals surface area contributed by atoms with E-state index in [-0.39, 0.29) is 5.28 Å². The summed E-state index contributed by atoms with van der Waals surface area (Å²) in [6, 6.07) is 1.84. The summed E-state index contributed by atoms with van der Waals surface area (Å²) in [6.45, 7) is 0. The molecule has 0 atom stereocenters. The Labute approximate surface area is 117 Å². The lowest BCUT2D eigenvalue weighted by atomic mass is 10.3. The second-order valence-electron chi connectivity index (χ2n) is 4.35. The van der Waals surface area contributed by atoms with Crippen molar-refractivity contribution in [3.63, 3.8) is 0 Å². The van der Waals surface area contributed by atoms with Crippen LogP contribution in [-0.4, -0.2) is 34.3 Å². The molecule has 0 fully saturated rings. The highest BCUT2D eigenvalue weighted by atomic mass is 35.5. The molecule has 0 N–H and O–H groups in total. The fourth-order valence-electron chi connectivity index (χ4n) is 2.09. The summed E-state index contributed by atoms with van der Waals surface area (Å²) < 4.78 is 3.22. The Hall–Kier alpha value is -2.54. The molecule has 0 aliphatic carbocycles. The molecule has 0 spiro atoms. The second-order valence-corrected chi connectivity index (χ2v) is 4.69. The first-order chi connectivity index (χ1) is 9.72. The monoisotopic (exact) mass is 285 g/mol. The van der Waals surface area contributed by atoms with E-state index < -0.39 is 0 Å². The van der Waals surface area contributed by atoms with Gasteiger partial charge in [-0.15, -0.1) is 5.10 Å². The molecule has 0 saturated carbocycles. The van der Waals surface area contributed by atoms with Crippen molar-refractivity contribution in [3.8, 4) is 11.4 Å². The molecule has 0 aliphatic heterocycles. The number of nitrogens with zero attached hydrogens (tertiary/aromatic N) is 7. The first-order valence-electron chi connectivity index (χ1n) is 5.87. The van der Waals surface area contributed by atoms with Gasteiger partial charge in [0.15, 0.2) is 11.5 Å². The van der Waals surface area contributed by atoms with Crippen LogP contribution in [0.5, 0.6) is 0 Å². The van der Waals surface area contributed by atoms with Gasteiger partial charge in [-0.3, -0.25) is 9.67 Å². The zero-order valence-corrected chi connectivity index (χ0v) is 11.2. The molecule has 0 amide bonds. The molecule has 0 bridgehead atoms. The van der Waals surface area contributed by atoms with E-state index in [4.69, 9.17) is 11.6 Å². The number of halogens is 1. The third-order valence-electron chi connectivity index (χ3n) is 3.00. The van der Waals surface area contributed by atoms with Crippen LogP contribution in [0.25, 0.3) is 27.9 Å². The van der Waals surface area contributed by atoms with E-state index in [1.54, 1.807) is 23.3 Å². The summed E-state index contributed by atoms with van der Waals surface area (Å²) in [6.07, 6.45) is 6.90. The minimum absolute atomic E-state index is 0.253. The maximum atomic E-state index is 6.14. The van der Waals surface area contributed by atoms with E-state index in [9.17, 15) is 0 Å². The Kier molecular flexibility index (Phi) is 2.25. The predicted molar refractivity (Wildman–Crippen MR) is 73.3 cm³/mol. The Bertz CT molecular complexity index is 939.